The second-order valence-electron chi connectivity index (χ2n) is 7.10. The molecule has 144 valence electrons. The van der Waals surface area contributed by atoms with E-state index in [9.17, 15) is 4.79 Å². The van der Waals surface area contributed by atoms with Gasteiger partial charge in [0.15, 0.2) is 5.82 Å². The molecule has 7 nitrogen and oxygen atoms in total. The molecule has 1 aromatic carbocycles. The van der Waals surface area contributed by atoms with E-state index in [1.54, 1.807) is 0 Å². The van der Waals surface area contributed by atoms with Gasteiger partial charge in [-0.3, -0.25) is 5.10 Å². The van der Waals surface area contributed by atoms with E-state index in [2.05, 4.69) is 39.0 Å². The lowest BCUT2D eigenvalue weighted by molar-refractivity contribution is 0.0682. The summed E-state index contributed by atoms with van der Waals surface area (Å²) in [6.45, 7) is 4.19. The van der Waals surface area contributed by atoms with Crippen LogP contribution in [0.5, 0.6) is 0 Å². The van der Waals surface area contributed by atoms with Gasteiger partial charge in [-0.05, 0) is 38.0 Å². The molecule has 1 fully saturated rings. The Morgan fingerprint density at radius 1 is 1.44 bits per heavy atom. The van der Waals surface area contributed by atoms with E-state index in [0.29, 0.717) is 13.0 Å². The molecule has 0 spiro atoms. The van der Waals surface area contributed by atoms with Crippen LogP contribution in [0.4, 0.5) is 16.3 Å². The molecule has 0 bridgehead atoms. The number of rotatable bonds is 5. The van der Waals surface area contributed by atoms with Gasteiger partial charge in [0.25, 0.3) is 0 Å². The standard InChI is InChI=1S/C19H24N4O3S/c1-11(2)20-19(24)26-12-8-16(25-10-12)15-9-18(23-22-15)21-14-4-3-5-17-13(14)6-7-27-17/h3-5,9,11-12,16H,6-8,10H2,1-2H3,(H,20,24)(H2,21,22,23)/t12-,16?/m0/s1. The summed E-state index contributed by atoms with van der Waals surface area (Å²) in [5.41, 5.74) is 3.35. The summed E-state index contributed by atoms with van der Waals surface area (Å²) in [5.74, 6) is 1.89. The van der Waals surface area contributed by atoms with Crippen LogP contribution in [0.3, 0.4) is 0 Å². The predicted molar refractivity (Wildman–Crippen MR) is 105 cm³/mol. The van der Waals surface area contributed by atoms with Crippen LogP contribution < -0.4 is 10.6 Å². The summed E-state index contributed by atoms with van der Waals surface area (Å²) in [6, 6.07) is 8.33. The molecule has 1 saturated heterocycles. The third-order valence-electron chi connectivity index (χ3n) is 4.59. The van der Waals surface area contributed by atoms with Crippen molar-refractivity contribution < 1.29 is 14.3 Å². The molecule has 0 aliphatic carbocycles. The van der Waals surface area contributed by atoms with Crippen LogP contribution in [0.2, 0.25) is 0 Å². The Hall–Kier alpha value is -2.19. The predicted octanol–water partition coefficient (Wildman–Crippen LogP) is 3.77. The van der Waals surface area contributed by atoms with E-state index in [1.165, 1.54) is 10.5 Å². The Morgan fingerprint density at radius 3 is 3.19 bits per heavy atom. The topological polar surface area (TPSA) is 88.3 Å². The number of anilines is 2. The number of aromatic amines is 1. The van der Waals surface area contributed by atoms with Crippen molar-refractivity contribution in [2.75, 3.05) is 17.7 Å². The maximum absolute atomic E-state index is 11.7. The minimum atomic E-state index is -0.401. The molecule has 27 heavy (non-hydrogen) atoms. The SMILES string of the molecule is CC(C)NC(=O)O[C@@H]1COC(c2cc(Nc3cccc4c3CCS4)n[nH]2)C1. The van der Waals surface area contributed by atoms with Gasteiger partial charge in [0.05, 0.1) is 12.3 Å². The Morgan fingerprint density at radius 2 is 2.33 bits per heavy atom. The van der Waals surface area contributed by atoms with Gasteiger partial charge in [-0.15, -0.1) is 11.8 Å². The van der Waals surface area contributed by atoms with Gasteiger partial charge < -0.3 is 20.1 Å². The number of carbonyl (C=O) groups is 1. The summed E-state index contributed by atoms with van der Waals surface area (Å²) < 4.78 is 11.2. The van der Waals surface area contributed by atoms with E-state index < -0.39 is 6.09 Å². The maximum Gasteiger partial charge on any atom is 0.407 e. The molecule has 2 aromatic rings. The average molecular weight is 388 g/mol. The molecule has 3 N–H and O–H groups in total. The first-order valence-electron chi connectivity index (χ1n) is 9.24. The number of fused-ring (bicyclic) bond motifs is 1. The molecule has 8 heteroatoms. The molecule has 2 aliphatic heterocycles. The highest BCUT2D eigenvalue weighted by molar-refractivity contribution is 7.99. The lowest BCUT2D eigenvalue weighted by Crippen LogP contribution is -2.33. The van der Waals surface area contributed by atoms with Crippen LogP contribution in [0.25, 0.3) is 0 Å². The zero-order chi connectivity index (χ0) is 18.8. The number of benzene rings is 1. The van der Waals surface area contributed by atoms with Gasteiger partial charge in [-0.1, -0.05) is 6.07 Å². The Balaban J connectivity index is 1.36. The van der Waals surface area contributed by atoms with Crippen LogP contribution in [-0.4, -0.2) is 40.8 Å². The number of ether oxygens (including phenoxy) is 2. The van der Waals surface area contributed by atoms with Gasteiger partial charge in [0.1, 0.15) is 12.2 Å². The number of hydrogen-bond acceptors (Lipinski definition) is 6. The number of amides is 1. The molecule has 1 unspecified atom stereocenters. The lowest BCUT2D eigenvalue weighted by Gasteiger charge is -2.13. The highest BCUT2D eigenvalue weighted by atomic mass is 32.2. The van der Waals surface area contributed by atoms with Crippen molar-refractivity contribution >= 4 is 29.4 Å². The largest absolute Gasteiger partial charge is 0.444 e. The maximum atomic E-state index is 11.7. The number of thioether (sulfide) groups is 1. The third kappa shape index (κ3) is 4.22. The molecule has 2 atom stereocenters. The van der Waals surface area contributed by atoms with Crippen molar-refractivity contribution in [1.82, 2.24) is 15.5 Å². The number of carbonyl (C=O) groups excluding carboxylic acids is 1. The first-order chi connectivity index (χ1) is 13.1. The van der Waals surface area contributed by atoms with Crippen LogP contribution in [-0.2, 0) is 15.9 Å². The summed E-state index contributed by atoms with van der Waals surface area (Å²) in [7, 11) is 0. The third-order valence-corrected chi connectivity index (χ3v) is 5.69. The van der Waals surface area contributed by atoms with Gasteiger partial charge in [-0.25, -0.2) is 4.79 Å². The quantitative estimate of drug-likeness (QED) is 0.723. The van der Waals surface area contributed by atoms with E-state index in [1.807, 2.05) is 31.7 Å². The summed E-state index contributed by atoms with van der Waals surface area (Å²) in [6.07, 6.45) is 0.889. The lowest BCUT2D eigenvalue weighted by atomic mass is 10.1. The normalized spacial score (nSPS) is 21.3. The van der Waals surface area contributed by atoms with Crippen LogP contribution in [0.15, 0.2) is 29.2 Å². The molecular formula is C19H24N4O3S. The van der Waals surface area contributed by atoms with Crippen LogP contribution in [0.1, 0.15) is 37.6 Å². The zero-order valence-electron chi connectivity index (χ0n) is 15.5. The number of hydrogen-bond donors (Lipinski definition) is 3. The monoisotopic (exact) mass is 388 g/mol. The fourth-order valence-corrected chi connectivity index (χ4v) is 4.45. The number of aromatic nitrogens is 2. The molecule has 1 amide bonds. The number of H-pyrrole nitrogens is 1. The van der Waals surface area contributed by atoms with Crippen LogP contribution in [0, 0.1) is 0 Å². The summed E-state index contributed by atoms with van der Waals surface area (Å²) in [4.78, 5) is 13.1. The smallest absolute Gasteiger partial charge is 0.407 e. The zero-order valence-corrected chi connectivity index (χ0v) is 16.3. The van der Waals surface area contributed by atoms with Crippen molar-refractivity contribution in [3.8, 4) is 0 Å². The molecule has 1 aromatic heterocycles. The molecular weight excluding hydrogens is 364 g/mol. The number of alkyl carbamates (subject to hydrolysis) is 1. The summed E-state index contributed by atoms with van der Waals surface area (Å²) >= 11 is 1.89. The second-order valence-corrected chi connectivity index (χ2v) is 8.24. The van der Waals surface area contributed by atoms with E-state index in [4.69, 9.17) is 9.47 Å². The van der Waals surface area contributed by atoms with Crippen molar-refractivity contribution in [2.24, 2.45) is 0 Å². The molecule has 4 rings (SSSR count). The van der Waals surface area contributed by atoms with Crippen molar-refractivity contribution in [3.63, 3.8) is 0 Å². The molecule has 2 aliphatic rings. The van der Waals surface area contributed by atoms with E-state index in [-0.39, 0.29) is 18.2 Å². The van der Waals surface area contributed by atoms with Gasteiger partial charge in [0, 0.05) is 34.9 Å². The average Bonchev–Trinajstić information content (AvgIpc) is 3.33. The van der Waals surface area contributed by atoms with E-state index >= 15 is 0 Å². The molecule has 0 saturated carbocycles. The first kappa shape index (κ1) is 18.2. The van der Waals surface area contributed by atoms with Crippen molar-refractivity contribution in [2.45, 2.75) is 49.8 Å². The Kier molecular flexibility index (Phi) is 5.27. The fourth-order valence-electron chi connectivity index (χ4n) is 3.36. The fraction of sp³-hybridized carbons (Fsp3) is 0.474. The Bertz CT molecular complexity index is 823. The minimum absolute atomic E-state index is 0.0506. The minimum Gasteiger partial charge on any atom is -0.444 e. The van der Waals surface area contributed by atoms with Crippen molar-refractivity contribution in [1.29, 1.82) is 0 Å². The highest BCUT2D eigenvalue weighted by Crippen LogP contribution is 2.37. The molecule has 3 heterocycles. The Labute approximate surface area is 162 Å². The van der Waals surface area contributed by atoms with E-state index in [0.717, 1.165) is 29.4 Å². The highest BCUT2D eigenvalue weighted by Gasteiger charge is 2.31. The molecule has 0 radical (unpaired) electrons. The van der Waals surface area contributed by atoms with Gasteiger partial charge in [-0.2, -0.15) is 5.10 Å². The van der Waals surface area contributed by atoms with Gasteiger partial charge >= 0.3 is 6.09 Å². The summed E-state index contributed by atoms with van der Waals surface area (Å²) in [5, 5.41) is 13.5. The van der Waals surface area contributed by atoms with Crippen LogP contribution >= 0.6 is 11.8 Å². The van der Waals surface area contributed by atoms with Crippen molar-refractivity contribution in [3.05, 3.63) is 35.5 Å². The second kappa shape index (κ2) is 7.82. The number of nitrogens with one attached hydrogen (secondary N) is 3. The number of nitrogens with zero attached hydrogens (tertiary/aromatic N) is 1. The van der Waals surface area contributed by atoms with Gasteiger partial charge in [0.2, 0.25) is 0 Å². The first-order valence-corrected chi connectivity index (χ1v) is 10.2.